The van der Waals surface area contributed by atoms with Crippen LogP contribution in [0.4, 0.5) is 4.39 Å². The summed E-state index contributed by atoms with van der Waals surface area (Å²) in [7, 11) is 1.41. The first-order valence-electron chi connectivity index (χ1n) is 7.83. The molecule has 2 saturated heterocycles. The van der Waals surface area contributed by atoms with E-state index in [4.69, 9.17) is 4.74 Å². The van der Waals surface area contributed by atoms with E-state index in [-0.39, 0.29) is 12.5 Å². The Labute approximate surface area is 139 Å². The van der Waals surface area contributed by atoms with E-state index in [1.165, 1.54) is 19.2 Å². The molecule has 3 rings (SSSR count). The van der Waals surface area contributed by atoms with Gasteiger partial charge in [0.2, 0.25) is 11.8 Å². The Kier molecular flexibility index (Phi) is 3.91. The van der Waals surface area contributed by atoms with E-state index in [0.717, 1.165) is 4.90 Å². The van der Waals surface area contributed by atoms with Crippen molar-refractivity contribution < 1.29 is 23.5 Å². The molecule has 24 heavy (non-hydrogen) atoms. The third-order valence-corrected chi connectivity index (χ3v) is 4.94. The lowest BCUT2D eigenvalue weighted by Gasteiger charge is -2.28. The van der Waals surface area contributed by atoms with Crippen molar-refractivity contribution in [2.45, 2.75) is 25.4 Å². The number of halogens is 1. The van der Waals surface area contributed by atoms with Gasteiger partial charge in [-0.15, -0.1) is 0 Å². The maximum absolute atomic E-state index is 13.2. The largest absolute Gasteiger partial charge is 0.465 e. The zero-order valence-electron chi connectivity index (χ0n) is 13.7. The summed E-state index contributed by atoms with van der Waals surface area (Å²) < 4.78 is 18.3. The van der Waals surface area contributed by atoms with Gasteiger partial charge >= 0.3 is 5.97 Å². The van der Waals surface area contributed by atoms with Gasteiger partial charge in [0, 0.05) is 13.1 Å². The average Bonchev–Trinajstić information content (AvgIpc) is 2.99. The molecular formula is C17H19FN2O4. The molecule has 0 radical (unpaired) electrons. The molecule has 6 nitrogen and oxygen atoms in total. The van der Waals surface area contributed by atoms with Gasteiger partial charge in [0.15, 0.2) is 0 Å². The number of fused-ring (bicyclic) bond motifs is 1. The van der Waals surface area contributed by atoms with Crippen LogP contribution in [0.5, 0.6) is 0 Å². The second kappa shape index (κ2) is 5.66. The number of amides is 2. The van der Waals surface area contributed by atoms with Crippen molar-refractivity contribution >= 4 is 17.8 Å². The van der Waals surface area contributed by atoms with E-state index in [2.05, 4.69) is 5.32 Å². The summed E-state index contributed by atoms with van der Waals surface area (Å²) >= 11 is 0. The van der Waals surface area contributed by atoms with E-state index in [1.807, 2.05) is 0 Å². The molecule has 0 saturated carbocycles. The molecule has 1 N–H and O–H groups in total. The van der Waals surface area contributed by atoms with Crippen LogP contribution in [0.3, 0.4) is 0 Å². The van der Waals surface area contributed by atoms with Crippen LogP contribution in [-0.4, -0.2) is 41.9 Å². The molecular weight excluding hydrogens is 315 g/mol. The number of nitrogens with zero attached hydrogens (tertiary/aromatic N) is 1. The zero-order chi connectivity index (χ0) is 17.6. The second-order valence-electron chi connectivity index (χ2n) is 6.34. The van der Waals surface area contributed by atoms with Gasteiger partial charge in [-0.2, -0.15) is 0 Å². The van der Waals surface area contributed by atoms with Crippen molar-refractivity contribution in [3.05, 3.63) is 35.6 Å². The summed E-state index contributed by atoms with van der Waals surface area (Å²) in [5, 5.41) is 3.11. The van der Waals surface area contributed by atoms with Crippen molar-refractivity contribution in [3.63, 3.8) is 0 Å². The Hall–Kier alpha value is -2.28. The summed E-state index contributed by atoms with van der Waals surface area (Å²) in [5.74, 6) is -3.28. The van der Waals surface area contributed by atoms with Gasteiger partial charge in [-0.05, 0) is 31.5 Å². The Morgan fingerprint density at radius 2 is 1.92 bits per heavy atom. The van der Waals surface area contributed by atoms with E-state index < -0.39 is 41.1 Å². The SMILES string of the molecule is CCOC(=O)[C@]1(C)N[C@H](c2ccc(F)cc2)[C@H]2C(=O)N(C)C(=O)[C@@H]21. The van der Waals surface area contributed by atoms with Crippen LogP contribution in [0.25, 0.3) is 0 Å². The van der Waals surface area contributed by atoms with Crippen LogP contribution in [0, 0.1) is 17.7 Å². The number of carbonyl (C=O) groups excluding carboxylic acids is 3. The first-order valence-corrected chi connectivity index (χ1v) is 7.83. The summed E-state index contributed by atoms with van der Waals surface area (Å²) in [6, 6.07) is 5.12. The third kappa shape index (κ3) is 2.23. The molecule has 1 aromatic rings. The van der Waals surface area contributed by atoms with Crippen molar-refractivity contribution in [1.82, 2.24) is 10.2 Å². The fourth-order valence-corrected chi connectivity index (χ4v) is 3.71. The number of hydrogen-bond acceptors (Lipinski definition) is 5. The van der Waals surface area contributed by atoms with Gasteiger partial charge in [-0.3, -0.25) is 24.6 Å². The quantitative estimate of drug-likeness (QED) is 0.660. The van der Waals surface area contributed by atoms with Crippen LogP contribution >= 0.6 is 0 Å². The highest BCUT2D eigenvalue weighted by Gasteiger charge is 2.66. The summed E-state index contributed by atoms with van der Waals surface area (Å²) in [5.41, 5.74) is -0.659. The Balaban J connectivity index is 2.06. The molecule has 2 aliphatic heterocycles. The Morgan fingerprint density at radius 1 is 1.29 bits per heavy atom. The Bertz CT molecular complexity index is 705. The van der Waals surface area contributed by atoms with Gasteiger partial charge in [-0.1, -0.05) is 12.1 Å². The molecule has 0 spiro atoms. The van der Waals surface area contributed by atoms with Crippen LogP contribution in [-0.2, 0) is 19.1 Å². The number of imide groups is 1. The first-order chi connectivity index (χ1) is 11.3. The molecule has 0 aliphatic carbocycles. The highest BCUT2D eigenvalue weighted by atomic mass is 19.1. The number of carbonyl (C=O) groups is 3. The van der Waals surface area contributed by atoms with Gasteiger partial charge in [0.25, 0.3) is 0 Å². The van der Waals surface area contributed by atoms with Crippen molar-refractivity contribution in [3.8, 4) is 0 Å². The van der Waals surface area contributed by atoms with E-state index in [9.17, 15) is 18.8 Å². The fraction of sp³-hybridized carbons (Fsp3) is 0.471. The number of esters is 1. The standard InChI is InChI=1S/C17H19FN2O4/c1-4-24-16(23)17(2)12-11(14(21)20(3)15(12)22)13(19-17)9-5-7-10(18)8-6-9/h5-8,11-13,19H,4H2,1-3H3/t11-,12+,13+,17+/m0/s1. The molecule has 7 heteroatoms. The average molecular weight is 334 g/mol. The molecule has 4 atom stereocenters. The van der Waals surface area contributed by atoms with E-state index >= 15 is 0 Å². The molecule has 2 fully saturated rings. The maximum Gasteiger partial charge on any atom is 0.326 e. The molecule has 128 valence electrons. The molecule has 2 aliphatic rings. The summed E-state index contributed by atoms with van der Waals surface area (Å²) in [6.07, 6.45) is 0. The van der Waals surface area contributed by atoms with Crippen LogP contribution < -0.4 is 5.32 Å². The molecule has 2 amide bonds. The van der Waals surface area contributed by atoms with Gasteiger partial charge in [0.1, 0.15) is 11.4 Å². The number of rotatable bonds is 3. The predicted molar refractivity (Wildman–Crippen MR) is 82.1 cm³/mol. The van der Waals surface area contributed by atoms with E-state index in [0.29, 0.717) is 5.56 Å². The maximum atomic E-state index is 13.2. The first kappa shape index (κ1) is 16.6. The smallest absolute Gasteiger partial charge is 0.326 e. The zero-order valence-corrected chi connectivity index (χ0v) is 13.7. The van der Waals surface area contributed by atoms with E-state index in [1.54, 1.807) is 26.0 Å². The van der Waals surface area contributed by atoms with Crippen LogP contribution in [0.2, 0.25) is 0 Å². The monoisotopic (exact) mass is 334 g/mol. The number of nitrogens with one attached hydrogen (secondary N) is 1. The molecule has 0 bridgehead atoms. The van der Waals surface area contributed by atoms with Crippen molar-refractivity contribution in [1.29, 1.82) is 0 Å². The number of benzene rings is 1. The molecule has 2 heterocycles. The number of hydrogen-bond donors (Lipinski definition) is 1. The topological polar surface area (TPSA) is 75.7 Å². The molecule has 0 unspecified atom stereocenters. The van der Waals surface area contributed by atoms with Crippen LogP contribution in [0.1, 0.15) is 25.5 Å². The minimum absolute atomic E-state index is 0.173. The summed E-state index contributed by atoms with van der Waals surface area (Å²) in [4.78, 5) is 38.6. The normalized spacial score (nSPS) is 32.2. The second-order valence-corrected chi connectivity index (χ2v) is 6.34. The lowest BCUT2D eigenvalue weighted by molar-refractivity contribution is -0.155. The van der Waals surface area contributed by atoms with Crippen molar-refractivity contribution in [2.75, 3.05) is 13.7 Å². The van der Waals surface area contributed by atoms with Gasteiger partial charge in [0.05, 0.1) is 18.4 Å². The van der Waals surface area contributed by atoms with Crippen molar-refractivity contribution in [2.24, 2.45) is 11.8 Å². The lowest BCUT2D eigenvalue weighted by Crippen LogP contribution is -2.53. The summed E-state index contributed by atoms with van der Waals surface area (Å²) in [6.45, 7) is 3.43. The fourth-order valence-electron chi connectivity index (χ4n) is 3.71. The van der Waals surface area contributed by atoms with Gasteiger partial charge < -0.3 is 4.74 Å². The van der Waals surface area contributed by atoms with Crippen LogP contribution in [0.15, 0.2) is 24.3 Å². The highest BCUT2D eigenvalue weighted by Crippen LogP contribution is 2.48. The molecule has 1 aromatic carbocycles. The molecule has 0 aromatic heterocycles. The lowest BCUT2D eigenvalue weighted by atomic mass is 9.80. The van der Waals surface area contributed by atoms with Gasteiger partial charge in [-0.25, -0.2) is 4.39 Å². The highest BCUT2D eigenvalue weighted by molar-refractivity contribution is 6.09. The number of likely N-dealkylation sites (tertiary alicyclic amines) is 1. The minimum atomic E-state index is -1.31. The minimum Gasteiger partial charge on any atom is -0.465 e. The number of ether oxygens (including phenoxy) is 1. The third-order valence-electron chi connectivity index (χ3n) is 4.94. The predicted octanol–water partition coefficient (Wildman–Crippen LogP) is 1.02. The Morgan fingerprint density at radius 3 is 2.50 bits per heavy atom.